The Bertz CT molecular complexity index is 502. The topological polar surface area (TPSA) is 67.1 Å². The molecule has 0 bridgehead atoms. The van der Waals surface area contributed by atoms with Crippen LogP contribution < -0.4 is 16.0 Å². The van der Waals surface area contributed by atoms with Gasteiger partial charge in [-0.2, -0.15) is 0 Å². The predicted octanol–water partition coefficient (Wildman–Crippen LogP) is 2.65. The Hall–Kier alpha value is -2.30. The maximum Gasteiger partial charge on any atom is 0.149 e. The minimum Gasteiger partial charge on any atom is -0.382 e. The van der Waals surface area contributed by atoms with E-state index in [1.165, 1.54) is 11.9 Å². The molecule has 0 aliphatic rings. The molecule has 0 radical (unpaired) electrons. The standard InChI is InChI=1S/C14H19N5/c1-3-19(4-2)12-7-5-11(6-8-12)18-14-10-16-13(15)9-17-14/h5-10H,3-4H2,1-2H3,(H2,15,16)(H,17,18). The Balaban J connectivity index is 2.08. The minimum absolute atomic E-state index is 0.419. The predicted molar refractivity (Wildman–Crippen MR) is 79.7 cm³/mol. The van der Waals surface area contributed by atoms with Gasteiger partial charge >= 0.3 is 0 Å². The number of anilines is 4. The average Bonchev–Trinajstić information content (AvgIpc) is 2.44. The fourth-order valence-corrected chi connectivity index (χ4v) is 1.89. The lowest BCUT2D eigenvalue weighted by Gasteiger charge is -2.21. The van der Waals surface area contributed by atoms with Crippen molar-refractivity contribution in [2.45, 2.75) is 13.8 Å². The van der Waals surface area contributed by atoms with Gasteiger partial charge < -0.3 is 16.0 Å². The van der Waals surface area contributed by atoms with E-state index in [4.69, 9.17) is 5.73 Å². The molecule has 0 fully saturated rings. The normalized spacial score (nSPS) is 10.2. The number of aromatic nitrogens is 2. The fraction of sp³-hybridized carbons (Fsp3) is 0.286. The number of hydrogen-bond acceptors (Lipinski definition) is 5. The summed E-state index contributed by atoms with van der Waals surface area (Å²) >= 11 is 0. The summed E-state index contributed by atoms with van der Waals surface area (Å²) in [5.41, 5.74) is 7.70. The van der Waals surface area contributed by atoms with E-state index in [0.717, 1.165) is 18.8 Å². The Morgan fingerprint density at radius 1 is 1.05 bits per heavy atom. The van der Waals surface area contributed by atoms with Crippen molar-refractivity contribution in [3.05, 3.63) is 36.7 Å². The number of hydrogen-bond donors (Lipinski definition) is 2. The molecule has 19 heavy (non-hydrogen) atoms. The first-order chi connectivity index (χ1) is 9.22. The highest BCUT2D eigenvalue weighted by molar-refractivity contribution is 5.60. The number of nitrogens with two attached hydrogens (primary N) is 1. The molecule has 0 unspecified atom stereocenters. The van der Waals surface area contributed by atoms with E-state index in [-0.39, 0.29) is 0 Å². The van der Waals surface area contributed by atoms with Crippen LogP contribution in [0.4, 0.5) is 23.0 Å². The lowest BCUT2D eigenvalue weighted by atomic mass is 10.2. The fourth-order valence-electron chi connectivity index (χ4n) is 1.89. The van der Waals surface area contributed by atoms with Crippen molar-refractivity contribution in [1.82, 2.24) is 9.97 Å². The van der Waals surface area contributed by atoms with Crippen molar-refractivity contribution in [1.29, 1.82) is 0 Å². The first-order valence-electron chi connectivity index (χ1n) is 6.42. The zero-order valence-electron chi connectivity index (χ0n) is 11.3. The lowest BCUT2D eigenvalue weighted by molar-refractivity contribution is 0.866. The molecule has 2 rings (SSSR count). The number of nitrogen functional groups attached to an aromatic ring is 1. The van der Waals surface area contributed by atoms with Gasteiger partial charge in [-0.25, -0.2) is 9.97 Å². The van der Waals surface area contributed by atoms with Gasteiger partial charge in [-0.3, -0.25) is 0 Å². The van der Waals surface area contributed by atoms with E-state index in [1.807, 2.05) is 12.1 Å². The van der Waals surface area contributed by atoms with Gasteiger partial charge in [0, 0.05) is 24.5 Å². The molecule has 0 amide bonds. The van der Waals surface area contributed by atoms with E-state index in [0.29, 0.717) is 11.6 Å². The molecule has 2 aromatic rings. The van der Waals surface area contributed by atoms with Crippen LogP contribution in [0.3, 0.4) is 0 Å². The second-order valence-electron chi connectivity index (χ2n) is 4.17. The molecule has 0 saturated heterocycles. The lowest BCUT2D eigenvalue weighted by Crippen LogP contribution is -2.21. The van der Waals surface area contributed by atoms with Crippen molar-refractivity contribution in [2.24, 2.45) is 0 Å². The molecule has 1 aromatic heterocycles. The second kappa shape index (κ2) is 6.04. The number of rotatable bonds is 5. The number of benzene rings is 1. The summed E-state index contributed by atoms with van der Waals surface area (Å²) in [6.45, 7) is 6.32. The van der Waals surface area contributed by atoms with E-state index in [9.17, 15) is 0 Å². The highest BCUT2D eigenvalue weighted by Gasteiger charge is 2.02. The van der Waals surface area contributed by atoms with Crippen LogP contribution in [-0.2, 0) is 0 Å². The van der Waals surface area contributed by atoms with Gasteiger partial charge in [0.25, 0.3) is 0 Å². The molecule has 0 saturated carbocycles. The molecule has 0 spiro atoms. The van der Waals surface area contributed by atoms with Crippen LogP contribution in [0.15, 0.2) is 36.7 Å². The number of nitrogens with zero attached hydrogens (tertiary/aromatic N) is 3. The van der Waals surface area contributed by atoms with Gasteiger partial charge in [0.1, 0.15) is 11.6 Å². The third-order valence-corrected chi connectivity index (χ3v) is 2.94. The molecular weight excluding hydrogens is 238 g/mol. The van der Waals surface area contributed by atoms with Crippen LogP contribution in [0.25, 0.3) is 0 Å². The van der Waals surface area contributed by atoms with Crippen molar-refractivity contribution in [3.8, 4) is 0 Å². The van der Waals surface area contributed by atoms with Crippen molar-refractivity contribution in [3.63, 3.8) is 0 Å². The molecule has 0 atom stereocenters. The van der Waals surface area contributed by atoms with E-state index >= 15 is 0 Å². The average molecular weight is 257 g/mol. The van der Waals surface area contributed by atoms with Crippen molar-refractivity contribution >= 4 is 23.0 Å². The maximum atomic E-state index is 5.50. The maximum absolute atomic E-state index is 5.50. The third kappa shape index (κ3) is 3.34. The van der Waals surface area contributed by atoms with Crippen LogP contribution >= 0.6 is 0 Å². The molecule has 3 N–H and O–H groups in total. The summed E-state index contributed by atoms with van der Waals surface area (Å²) in [6.07, 6.45) is 3.15. The summed E-state index contributed by atoms with van der Waals surface area (Å²) < 4.78 is 0. The Kier molecular flexibility index (Phi) is 4.18. The van der Waals surface area contributed by atoms with Crippen LogP contribution in [-0.4, -0.2) is 23.1 Å². The Labute approximate surface area is 113 Å². The summed E-state index contributed by atoms with van der Waals surface area (Å²) in [6, 6.07) is 8.26. The van der Waals surface area contributed by atoms with Crippen molar-refractivity contribution in [2.75, 3.05) is 29.0 Å². The molecular formula is C14H19N5. The van der Waals surface area contributed by atoms with E-state index in [2.05, 4.69) is 46.2 Å². The smallest absolute Gasteiger partial charge is 0.149 e. The van der Waals surface area contributed by atoms with Gasteiger partial charge in [-0.1, -0.05) is 0 Å². The van der Waals surface area contributed by atoms with Crippen LogP contribution in [0.5, 0.6) is 0 Å². The first kappa shape index (κ1) is 13.1. The summed E-state index contributed by atoms with van der Waals surface area (Å²) in [5, 5.41) is 3.19. The highest BCUT2D eigenvalue weighted by atomic mass is 15.1. The summed E-state index contributed by atoms with van der Waals surface area (Å²) in [7, 11) is 0. The molecule has 5 heteroatoms. The second-order valence-corrected chi connectivity index (χ2v) is 4.17. The quantitative estimate of drug-likeness (QED) is 0.862. The van der Waals surface area contributed by atoms with Gasteiger partial charge in [0.05, 0.1) is 12.4 Å². The monoisotopic (exact) mass is 257 g/mol. The SMILES string of the molecule is CCN(CC)c1ccc(Nc2cnc(N)cn2)cc1. The third-order valence-electron chi connectivity index (χ3n) is 2.94. The molecule has 0 aliphatic heterocycles. The van der Waals surface area contributed by atoms with Gasteiger partial charge in [0.15, 0.2) is 0 Å². The molecule has 1 aromatic carbocycles. The Morgan fingerprint density at radius 2 is 1.74 bits per heavy atom. The molecule has 5 nitrogen and oxygen atoms in total. The highest BCUT2D eigenvalue weighted by Crippen LogP contribution is 2.19. The molecule has 1 heterocycles. The largest absolute Gasteiger partial charge is 0.382 e. The summed E-state index contributed by atoms with van der Waals surface area (Å²) in [5.74, 6) is 1.10. The van der Waals surface area contributed by atoms with Crippen molar-refractivity contribution < 1.29 is 0 Å². The van der Waals surface area contributed by atoms with Gasteiger partial charge in [0.2, 0.25) is 0 Å². The van der Waals surface area contributed by atoms with E-state index < -0.39 is 0 Å². The Morgan fingerprint density at radius 3 is 2.26 bits per heavy atom. The van der Waals surface area contributed by atoms with Gasteiger partial charge in [-0.05, 0) is 38.1 Å². The van der Waals surface area contributed by atoms with Crippen LogP contribution in [0, 0.1) is 0 Å². The molecule has 100 valence electrons. The minimum atomic E-state index is 0.419. The van der Waals surface area contributed by atoms with E-state index in [1.54, 1.807) is 6.20 Å². The van der Waals surface area contributed by atoms with Crippen LogP contribution in [0.1, 0.15) is 13.8 Å². The number of nitrogens with one attached hydrogen (secondary N) is 1. The zero-order chi connectivity index (χ0) is 13.7. The van der Waals surface area contributed by atoms with Gasteiger partial charge in [-0.15, -0.1) is 0 Å². The first-order valence-corrected chi connectivity index (χ1v) is 6.42. The van der Waals surface area contributed by atoms with Crippen LogP contribution in [0.2, 0.25) is 0 Å². The summed E-state index contributed by atoms with van der Waals surface area (Å²) in [4.78, 5) is 10.4. The zero-order valence-corrected chi connectivity index (χ0v) is 11.3. The molecule has 0 aliphatic carbocycles.